The third kappa shape index (κ3) is 2.02. The molecule has 0 fully saturated rings. The second-order valence-corrected chi connectivity index (χ2v) is 11.5. The number of hydrogen-bond donors (Lipinski definition) is 0. The average Bonchev–Trinajstić information content (AvgIpc) is 1.81. The Balaban J connectivity index is 4.95. The third-order valence-electron chi connectivity index (χ3n) is 3.59. The van der Waals surface area contributed by atoms with Gasteiger partial charge in [0, 0.05) is 13.9 Å². The van der Waals surface area contributed by atoms with Gasteiger partial charge in [0.15, 0.2) is 0 Å². The first kappa shape index (κ1) is 12.4. The fraction of sp³-hybridized carbons (Fsp3) is 1.00. The molecule has 74 valence electrons. The summed E-state index contributed by atoms with van der Waals surface area (Å²) in [4.78, 5) is 0. The highest BCUT2D eigenvalue weighted by atomic mass is 31.2. The van der Waals surface area contributed by atoms with Gasteiger partial charge in [-0.05, 0) is 48.5 Å². The highest BCUT2D eigenvalue weighted by Gasteiger charge is 2.51. The Labute approximate surface area is 79.5 Å². The smallest absolute Gasteiger partial charge is 0.0311 e. The summed E-state index contributed by atoms with van der Waals surface area (Å²) in [6.07, 6.45) is 1.36. The molecule has 0 aliphatic rings. The van der Waals surface area contributed by atoms with Crippen molar-refractivity contribution in [3.05, 3.63) is 0 Å². The molecular weight excluding hydrogens is 163 g/mol. The predicted octanol–water partition coefficient (Wildman–Crippen LogP) is 4.25. The summed E-state index contributed by atoms with van der Waals surface area (Å²) in [5, 5.41) is 1.00. The van der Waals surface area contributed by atoms with E-state index in [-0.39, 0.29) is 0 Å². The molecule has 0 saturated heterocycles. The molecule has 0 atom stereocenters. The van der Waals surface area contributed by atoms with E-state index in [0.29, 0.717) is 10.3 Å². The molecule has 0 aliphatic carbocycles. The molecule has 0 aromatic carbocycles. The molecule has 0 spiro atoms. The first-order valence-corrected chi connectivity index (χ1v) is 7.34. The van der Waals surface area contributed by atoms with Crippen molar-refractivity contribution in [1.82, 2.24) is 0 Å². The summed E-state index contributed by atoms with van der Waals surface area (Å²) in [6, 6.07) is 0. The van der Waals surface area contributed by atoms with Gasteiger partial charge in [-0.15, -0.1) is 0 Å². The summed E-state index contributed by atoms with van der Waals surface area (Å²) < 4.78 is 0. The van der Waals surface area contributed by atoms with Crippen LogP contribution in [0.1, 0.15) is 48.5 Å². The molecule has 0 aromatic heterocycles. The average molecular weight is 189 g/mol. The van der Waals surface area contributed by atoms with E-state index in [9.17, 15) is 0 Å². The predicted molar refractivity (Wildman–Crippen MR) is 62.9 cm³/mol. The van der Waals surface area contributed by atoms with Crippen molar-refractivity contribution in [2.24, 2.45) is 0 Å². The molecule has 0 amide bonds. The van der Waals surface area contributed by atoms with Gasteiger partial charge in [0.05, 0.1) is 16.5 Å². The van der Waals surface area contributed by atoms with Crippen LogP contribution in [0.2, 0.25) is 0 Å². The number of hydrogen-bond acceptors (Lipinski definition) is 0. The number of rotatable bonds is 1. The summed E-state index contributed by atoms with van der Waals surface area (Å²) in [5.41, 5.74) is 0. The fourth-order valence-electron chi connectivity index (χ4n) is 1.95. The van der Waals surface area contributed by atoms with Crippen LogP contribution in [0.15, 0.2) is 0 Å². The first-order chi connectivity index (χ1) is 5.06. The lowest BCUT2D eigenvalue weighted by atomic mass is 10.2. The van der Waals surface area contributed by atoms with E-state index < -0.39 is 7.26 Å². The van der Waals surface area contributed by atoms with Crippen molar-refractivity contribution < 1.29 is 0 Å². The molecule has 0 nitrogen and oxygen atoms in total. The summed E-state index contributed by atoms with van der Waals surface area (Å²) >= 11 is 0. The lowest BCUT2D eigenvalue weighted by Gasteiger charge is -2.44. The normalized spacial score (nSPS) is 15.0. The molecule has 0 aliphatic heterocycles. The molecule has 0 aromatic rings. The minimum absolute atomic E-state index is 0.500. The first-order valence-electron chi connectivity index (χ1n) is 4.92. The van der Waals surface area contributed by atoms with Crippen molar-refractivity contribution in [2.75, 3.05) is 12.8 Å². The SMILES string of the molecule is CC[P+](C)(C(C)(C)C)C(C)(C)C. The van der Waals surface area contributed by atoms with Gasteiger partial charge in [0.25, 0.3) is 0 Å². The molecular formula is C11H26P+. The second kappa shape index (κ2) is 3.29. The molecule has 1 heteroatoms. The van der Waals surface area contributed by atoms with Crippen LogP contribution in [0.4, 0.5) is 0 Å². The summed E-state index contributed by atoms with van der Waals surface area (Å²) in [5.74, 6) is 0. The van der Waals surface area contributed by atoms with Crippen molar-refractivity contribution in [3.63, 3.8) is 0 Å². The Morgan fingerprint density at radius 2 is 1.08 bits per heavy atom. The van der Waals surface area contributed by atoms with Crippen molar-refractivity contribution in [3.8, 4) is 0 Å². The Bertz CT molecular complexity index is 131. The Morgan fingerprint density at radius 1 is 0.833 bits per heavy atom. The largest absolute Gasteiger partial charge is 0.0717 e. The van der Waals surface area contributed by atoms with Crippen LogP contribution in [-0.2, 0) is 0 Å². The maximum atomic E-state index is 2.52. The molecule has 0 saturated carbocycles. The molecule has 0 rings (SSSR count). The zero-order chi connectivity index (χ0) is 10.2. The van der Waals surface area contributed by atoms with E-state index in [1.165, 1.54) is 6.16 Å². The van der Waals surface area contributed by atoms with E-state index in [2.05, 4.69) is 55.1 Å². The molecule has 0 bridgehead atoms. The van der Waals surface area contributed by atoms with E-state index >= 15 is 0 Å². The summed E-state index contributed by atoms with van der Waals surface area (Å²) in [7, 11) is -0.818. The molecule has 0 N–H and O–H groups in total. The highest BCUT2D eigenvalue weighted by molar-refractivity contribution is 7.77. The van der Waals surface area contributed by atoms with E-state index in [1.54, 1.807) is 0 Å². The van der Waals surface area contributed by atoms with Crippen molar-refractivity contribution in [2.45, 2.75) is 58.8 Å². The van der Waals surface area contributed by atoms with Gasteiger partial charge in [-0.1, -0.05) is 0 Å². The molecule has 0 heterocycles. The molecule has 12 heavy (non-hydrogen) atoms. The van der Waals surface area contributed by atoms with E-state index in [1.807, 2.05) is 0 Å². The van der Waals surface area contributed by atoms with Crippen LogP contribution in [0, 0.1) is 0 Å². The van der Waals surface area contributed by atoms with Gasteiger partial charge < -0.3 is 0 Å². The monoisotopic (exact) mass is 189 g/mol. The van der Waals surface area contributed by atoms with Crippen LogP contribution < -0.4 is 0 Å². The van der Waals surface area contributed by atoms with Crippen LogP contribution >= 0.6 is 7.26 Å². The van der Waals surface area contributed by atoms with Gasteiger partial charge in [-0.3, -0.25) is 0 Å². The van der Waals surface area contributed by atoms with Gasteiger partial charge in [0.1, 0.15) is 0 Å². The lowest BCUT2D eigenvalue weighted by Crippen LogP contribution is -2.34. The second-order valence-electron chi connectivity index (χ2n) is 5.85. The minimum atomic E-state index is -0.818. The highest BCUT2D eigenvalue weighted by Crippen LogP contribution is 2.73. The standard InChI is InChI=1S/C11H26P/c1-9-12(8,10(2,3)4)11(5,6)7/h9H2,1-8H3/q+1. The quantitative estimate of drug-likeness (QED) is 0.541. The van der Waals surface area contributed by atoms with Crippen LogP contribution in [0.3, 0.4) is 0 Å². The van der Waals surface area contributed by atoms with Crippen LogP contribution in [0.25, 0.3) is 0 Å². The Kier molecular flexibility index (Phi) is 3.41. The van der Waals surface area contributed by atoms with Gasteiger partial charge in [-0.25, -0.2) is 0 Å². The summed E-state index contributed by atoms with van der Waals surface area (Å²) in [6.45, 7) is 19.3. The van der Waals surface area contributed by atoms with Gasteiger partial charge in [0.2, 0.25) is 0 Å². The Hall–Kier alpha value is 0.430. The van der Waals surface area contributed by atoms with E-state index in [4.69, 9.17) is 0 Å². The maximum Gasteiger partial charge on any atom is 0.0717 e. The zero-order valence-corrected chi connectivity index (χ0v) is 11.0. The topological polar surface area (TPSA) is 0 Å². The van der Waals surface area contributed by atoms with E-state index in [0.717, 1.165) is 0 Å². The van der Waals surface area contributed by atoms with Crippen LogP contribution in [-0.4, -0.2) is 23.1 Å². The third-order valence-corrected chi connectivity index (χ3v) is 10.8. The van der Waals surface area contributed by atoms with Crippen molar-refractivity contribution >= 4 is 7.26 Å². The molecule has 0 unspecified atom stereocenters. The fourth-order valence-corrected chi connectivity index (χ4v) is 5.86. The maximum absolute atomic E-state index is 2.52. The minimum Gasteiger partial charge on any atom is -0.0311 e. The Morgan fingerprint density at radius 3 is 1.08 bits per heavy atom. The van der Waals surface area contributed by atoms with Gasteiger partial charge in [-0.2, -0.15) is 0 Å². The zero-order valence-electron chi connectivity index (χ0n) is 10.2. The lowest BCUT2D eigenvalue weighted by molar-refractivity contribution is 0.688. The van der Waals surface area contributed by atoms with Crippen LogP contribution in [0.5, 0.6) is 0 Å². The molecule has 0 radical (unpaired) electrons. The van der Waals surface area contributed by atoms with Crippen molar-refractivity contribution in [1.29, 1.82) is 0 Å². The van der Waals surface area contributed by atoms with Gasteiger partial charge >= 0.3 is 0 Å².